The molecule has 0 aliphatic heterocycles. The first kappa shape index (κ1) is 13.6. The van der Waals surface area contributed by atoms with Gasteiger partial charge in [0, 0.05) is 35.1 Å². The molecule has 1 N–H and O–H groups in total. The standard InChI is InChI=1S/C13H15N3O2S/c1-9-8-11(14-6-7-19-2)10-4-3-5-12(16(17)18)13(10)15-9/h3-5,8H,6-7H2,1-2H3,(H,14,15). The van der Waals surface area contributed by atoms with Crippen molar-refractivity contribution in [2.75, 3.05) is 23.9 Å². The minimum Gasteiger partial charge on any atom is -0.384 e. The number of anilines is 1. The minimum absolute atomic E-state index is 0.0501. The summed E-state index contributed by atoms with van der Waals surface area (Å²) >= 11 is 1.75. The quantitative estimate of drug-likeness (QED) is 0.516. The van der Waals surface area contributed by atoms with Gasteiger partial charge in [0.2, 0.25) is 0 Å². The van der Waals surface area contributed by atoms with Crippen LogP contribution in [0.1, 0.15) is 5.69 Å². The van der Waals surface area contributed by atoms with E-state index in [0.29, 0.717) is 5.52 Å². The Hall–Kier alpha value is -1.82. The van der Waals surface area contributed by atoms with Crippen molar-refractivity contribution in [2.24, 2.45) is 0 Å². The summed E-state index contributed by atoms with van der Waals surface area (Å²) in [4.78, 5) is 15.0. The first-order valence-corrected chi connectivity index (χ1v) is 7.30. The van der Waals surface area contributed by atoms with Crippen LogP contribution in [0.3, 0.4) is 0 Å². The van der Waals surface area contributed by atoms with Gasteiger partial charge >= 0.3 is 0 Å². The third kappa shape index (κ3) is 2.96. The minimum atomic E-state index is -0.388. The molecule has 0 saturated carbocycles. The van der Waals surface area contributed by atoms with E-state index < -0.39 is 0 Å². The van der Waals surface area contributed by atoms with Gasteiger partial charge < -0.3 is 5.32 Å². The molecule has 0 radical (unpaired) electrons. The summed E-state index contributed by atoms with van der Waals surface area (Å²) in [6, 6.07) is 6.96. The molecule has 1 aromatic heterocycles. The topological polar surface area (TPSA) is 68.1 Å². The number of nitrogens with zero attached hydrogens (tertiary/aromatic N) is 2. The Kier molecular flexibility index (Phi) is 4.21. The number of benzene rings is 1. The number of thioether (sulfide) groups is 1. The summed E-state index contributed by atoms with van der Waals surface area (Å²) in [5.74, 6) is 0.984. The van der Waals surface area contributed by atoms with Crippen molar-refractivity contribution in [1.82, 2.24) is 4.98 Å². The van der Waals surface area contributed by atoms with Crippen molar-refractivity contribution >= 4 is 34.0 Å². The van der Waals surface area contributed by atoms with Gasteiger partial charge in [-0.15, -0.1) is 0 Å². The largest absolute Gasteiger partial charge is 0.384 e. The molecular formula is C13H15N3O2S. The lowest BCUT2D eigenvalue weighted by Crippen LogP contribution is -2.05. The Morgan fingerprint density at radius 3 is 2.95 bits per heavy atom. The van der Waals surface area contributed by atoms with E-state index in [0.717, 1.165) is 29.1 Å². The maximum atomic E-state index is 11.0. The summed E-state index contributed by atoms with van der Waals surface area (Å²) in [6.45, 7) is 2.67. The lowest BCUT2D eigenvalue weighted by atomic mass is 10.1. The molecule has 1 aromatic carbocycles. The number of nitro groups is 1. The second-order valence-electron chi connectivity index (χ2n) is 4.16. The highest BCUT2D eigenvalue weighted by molar-refractivity contribution is 7.98. The highest BCUT2D eigenvalue weighted by Gasteiger charge is 2.15. The number of rotatable bonds is 5. The van der Waals surface area contributed by atoms with Crippen LogP contribution in [0, 0.1) is 17.0 Å². The van der Waals surface area contributed by atoms with Gasteiger partial charge in [-0.05, 0) is 19.2 Å². The fourth-order valence-electron chi connectivity index (χ4n) is 1.94. The van der Waals surface area contributed by atoms with Gasteiger partial charge in [0.25, 0.3) is 5.69 Å². The maximum Gasteiger partial charge on any atom is 0.295 e. The fourth-order valence-corrected chi connectivity index (χ4v) is 2.25. The maximum absolute atomic E-state index is 11.0. The monoisotopic (exact) mass is 277 g/mol. The molecule has 100 valence electrons. The van der Waals surface area contributed by atoms with Crippen molar-refractivity contribution in [3.05, 3.63) is 40.1 Å². The second kappa shape index (κ2) is 5.88. The zero-order chi connectivity index (χ0) is 13.8. The van der Waals surface area contributed by atoms with E-state index >= 15 is 0 Å². The number of hydrogen-bond acceptors (Lipinski definition) is 5. The van der Waals surface area contributed by atoms with Gasteiger partial charge in [-0.2, -0.15) is 11.8 Å². The lowest BCUT2D eigenvalue weighted by Gasteiger charge is -2.10. The van der Waals surface area contributed by atoms with Crippen LogP contribution in [-0.4, -0.2) is 28.5 Å². The van der Waals surface area contributed by atoms with Crippen molar-refractivity contribution in [1.29, 1.82) is 0 Å². The van der Waals surface area contributed by atoms with Crippen LogP contribution < -0.4 is 5.32 Å². The van der Waals surface area contributed by atoms with Gasteiger partial charge in [-0.25, -0.2) is 4.98 Å². The lowest BCUT2D eigenvalue weighted by molar-refractivity contribution is -0.383. The summed E-state index contributed by atoms with van der Waals surface area (Å²) in [6.07, 6.45) is 2.04. The van der Waals surface area contributed by atoms with Crippen molar-refractivity contribution < 1.29 is 4.92 Å². The van der Waals surface area contributed by atoms with Gasteiger partial charge in [-0.3, -0.25) is 10.1 Å². The first-order valence-electron chi connectivity index (χ1n) is 5.91. The van der Waals surface area contributed by atoms with Crippen LogP contribution in [-0.2, 0) is 0 Å². The summed E-state index contributed by atoms with van der Waals surface area (Å²) in [5, 5.41) is 15.1. The van der Waals surface area contributed by atoms with Crippen LogP contribution in [0.15, 0.2) is 24.3 Å². The predicted molar refractivity (Wildman–Crippen MR) is 80.0 cm³/mol. The smallest absolute Gasteiger partial charge is 0.295 e. The van der Waals surface area contributed by atoms with Crippen molar-refractivity contribution in [3.8, 4) is 0 Å². The van der Waals surface area contributed by atoms with E-state index in [9.17, 15) is 10.1 Å². The molecule has 0 amide bonds. The summed E-state index contributed by atoms with van der Waals surface area (Å²) in [5.41, 5.74) is 2.17. The van der Waals surface area contributed by atoms with Gasteiger partial charge in [-0.1, -0.05) is 12.1 Å². The number of pyridine rings is 1. The molecule has 5 nitrogen and oxygen atoms in total. The summed E-state index contributed by atoms with van der Waals surface area (Å²) in [7, 11) is 0. The van der Waals surface area contributed by atoms with E-state index in [2.05, 4.69) is 10.3 Å². The Bertz CT molecular complexity index is 616. The predicted octanol–water partition coefficient (Wildman–Crippen LogP) is 3.23. The first-order chi connectivity index (χ1) is 9.13. The number of hydrogen-bond donors (Lipinski definition) is 1. The van der Waals surface area contributed by atoms with E-state index in [1.165, 1.54) is 6.07 Å². The van der Waals surface area contributed by atoms with Crippen LogP contribution in [0.5, 0.6) is 0 Å². The van der Waals surface area contributed by atoms with Gasteiger partial charge in [0.1, 0.15) is 0 Å². The Balaban J connectivity index is 2.52. The highest BCUT2D eigenvalue weighted by Crippen LogP contribution is 2.29. The highest BCUT2D eigenvalue weighted by atomic mass is 32.2. The summed E-state index contributed by atoms with van der Waals surface area (Å²) < 4.78 is 0. The molecule has 6 heteroatoms. The van der Waals surface area contributed by atoms with Crippen LogP contribution >= 0.6 is 11.8 Å². The molecule has 0 spiro atoms. The zero-order valence-electron chi connectivity index (χ0n) is 10.8. The van der Waals surface area contributed by atoms with Crippen molar-refractivity contribution in [3.63, 3.8) is 0 Å². The molecule has 0 saturated heterocycles. The molecule has 0 unspecified atom stereocenters. The van der Waals surface area contributed by atoms with Crippen LogP contribution in [0.25, 0.3) is 10.9 Å². The molecular weight excluding hydrogens is 262 g/mol. The SMILES string of the molecule is CSCCNc1cc(C)nc2c([N+](=O)[O-])cccc12. The number of non-ortho nitro benzene ring substituents is 1. The Morgan fingerprint density at radius 1 is 1.47 bits per heavy atom. The van der Waals surface area contributed by atoms with E-state index in [-0.39, 0.29) is 10.6 Å². The van der Waals surface area contributed by atoms with E-state index in [4.69, 9.17) is 0 Å². The molecule has 1 heterocycles. The third-order valence-electron chi connectivity index (χ3n) is 2.76. The average molecular weight is 277 g/mol. The number of nitrogens with one attached hydrogen (secondary N) is 1. The molecule has 0 bridgehead atoms. The Morgan fingerprint density at radius 2 is 2.26 bits per heavy atom. The van der Waals surface area contributed by atoms with Crippen molar-refractivity contribution in [2.45, 2.75) is 6.92 Å². The molecule has 0 atom stereocenters. The molecule has 0 aliphatic rings. The fraction of sp³-hybridized carbons (Fsp3) is 0.308. The Labute approximate surface area is 115 Å². The van der Waals surface area contributed by atoms with Crippen LogP contribution in [0.2, 0.25) is 0 Å². The number of para-hydroxylation sites is 1. The molecule has 0 fully saturated rings. The zero-order valence-corrected chi connectivity index (χ0v) is 11.7. The van der Waals surface area contributed by atoms with Gasteiger partial charge in [0.05, 0.1) is 4.92 Å². The molecule has 19 heavy (non-hydrogen) atoms. The van der Waals surface area contributed by atoms with E-state index in [1.54, 1.807) is 17.8 Å². The second-order valence-corrected chi connectivity index (χ2v) is 5.15. The number of aryl methyl sites for hydroxylation is 1. The molecule has 2 aromatic rings. The average Bonchev–Trinajstić information content (AvgIpc) is 2.38. The third-order valence-corrected chi connectivity index (χ3v) is 3.38. The number of fused-ring (bicyclic) bond motifs is 1. The van der Waals surface area contributed by atoms with Crippen LogP contribution in [0.4, 0.5) is 11.4 Å². The number of aromatic nitrogens is 1. The van der Waals surface area contributed by atoms with Gasteiger partial charge in [0.15, 0.2) is 5.52 Å². The normalized spacial score (nSPS) is 10.6. The van der Waals surface area contributed by atoms with E-state index in [1.807, 2.05) is 25.3 Å². The molecule has 2 rings (SSSR count). The molecule has 0 aliphatic carbocycles. The number of nitro benzene ring substituents is 1.